The molecule has 0 amide bonds. The van der Waals surface area contributed by atoms with Crippen molar-refractivity contribution in [2.24, 2.45) is 5.10 Å². The quantitative estimate of drug-likeness (QED) is 0.323. The molecule has 0 radical (unpaired) electrons. The third-order valence-corrected chi connectivity index (χ3v) is 2.39. The third-order valence-electron chi connectivity index (χ3n) is 1.21. The van der Waals surface area contributed by atoms with Crippen LogP contribution in [-0.4, -0.2) is 27.2 Å². The second-order valence-electron chi connectivity index (χ2n) is 2.05. The van der Waals surface area contributed by atoms with Crippen LogP contribution in [0.2, 0.25) is 0 Å². The Labute approximate surface area is 72.9 Å². The highest BCUT2D eigenvalue weighted by Crippen LogP contribution is 2.18. The molecule has 1 aliphatic heterocycles. The molecule has 5 heteroatoms. The summed E-state index contributed by atoms with van der Waals surface area (Å²) in [5, 5.41) is 6.14. The summed E-state index contributed by atoms with van der Waals surface area (Å²) in [5.74, 6) is 0. The van der Waals surface area contributed by atoms with Gasteiger partial charge in [0.1, 0.15) is 6.34 Å². The van der Waals surface area contributed by atoms with Crippen LogP contribution in [0.1, 0.15) is 13.3 Å². The summed E-state index contributed by atoms with van der Waals surface area (Å²) in [6.07, 6.45) is 2.19. The number of hydrazone groups is 1. The lowest BCUT2D eigenvalue weighted by Crippen LogP contribution is -2.29. The molecular formula is C5H9FIN3. The van der Waals surface area contributed by atoms with Gasteiger partial charge in [-0.25, -0.2) is 0 Å². The van der Waals surface area contributed by atoms with Gasteiger partial charge >= 0.3 is 0 Å². The lowest BCUT2D eigenvalue weighted by molar-refractivity contribution is 0.0681. The van der Waals surface area contributed by atoms with Crippen molar-refractivity contribution in [1.82, 2.24) is 10.1 Å². The molecule has 0 aromatic carbocycles. The van der Waals surface area contributed by atoms with Gasteiger partial charge in [-0.05, 0) is 29.0 Å². The van der Waals surface area contributed by atoms with Crippen molar-refractivity contribution in [3.63, 3.8) is 0 Å². The van der Waals surface area contributed by atoms with E-state index in [1.165, 1.54) is 6.34 Å². The molecule has 1 rings (SSSR count). The first-order valence-electron chi connectivity index (χ1n) is 3.14. The molecule has 58 valence electrons. The summed E-state index contributed by atoms with van der Waals surface area (Å²) in [5.41, 5.74) is 0. The van der Waals surface area contributed by atoms with E-state index >= 15 is 0 Å². The van der Waals surface area contributed by atoms with Crippen molar-refractivity contribution in [2.45, 2.75) is 17.5 Å². The van der Waals surface area contributed by atoms with Crippen molar-refractivity contribution >= 4 is 28.9 Å². The predicted octanol–water partition coefficient (Wildman–Crippen LogP) is 1.56. The molecule has 0 N–H and O–H groups in total. The Hall–Kier alpha value is -0.0700. The SMILES string of the molecule is CCCN1N=CN(F)C1I. The second kappa shape index (κ2) is 3.36. The normalized spacial score (nSPS) is 24.5. The largest absolute Gasteiger partial charge is 0.261 e. The molecular weight excluding hydrogens is 248 g/mol. The van der Waals surface area contributed by atoms with Crippen LogP contribution < -0.4 is 0 Å². The maximum absolute atomic E-state index is 12.5. The summed E-state index contributed by atoms with van der Waals surface area (Å²) in [7, 11) is 0. The van der Waals surface area contributed by atoms with Crippen LogP contribution in [0.15, 0.2) is 5.10 Å². The van der Waals surface area contributed by atoms with Crippen LogP contribution in [0, 0.1) is 0 Å². The van der Waals surface area contributed by atoms with Crippen LogP contribution in [-0.2, 0) is 0 Å². The second-order valence-corrected chi connectivity index (χ2v) is 3.16. The van der Waals surface area contributed by atoms with Crippen molar-refractivity contribution < 1.29 is 4.48 Å². The standard InChI is InChI=1S/C5H9FIN3/c1-2-3-10-5(7)9(6)4-8-10/h4-5H,2-3H2,1H3. The van der Waals surface area contributed by atoms with E-state index in [1.54, 1.807) is 5.01 Å². The Kier molecular flexibility index (Phi) is 2.70. The fourth-order valence-electron chi connectivity index (χ4n) is 0.746. The molecule has 3 nitrogen and oxygen atoms in total. The minimum absolute atomic E-state index is 0.252. The zero-order valence-electron chi connectivity index (χ0n) is 5.67. The minimum atomic E-state index is -0.252. The molecule has 0 spiro atoms. The van der Waals surface area contributed by atoms with Crippen LogP contribution >= 0.6 is 22.6 Å². The smallest absolute Gasteiger partial charge is 0.200 e. The van der Waals surface area contributed by atoms with Gasteiger partial charge in [0.05, 0.1) is 0 Å². The highest BCUT2D eigenvalue weighted by atomic mass is 127. The Morgan fingerprint density at radius 1 is 1.80 bits per heavy atom. The van der Waals surface area contributed by atoms with Gasteiger partial charge in [-0.3, -0.25) is 5.01 Å². The van der Waals surface area contributed by atoms with Crippen LogP contribution in [0.3, 0.4) is 0 Å². The Morgan fingerprint density at radius 3 is 2.90 bits per heavy atom. The predicted molar refractivity (Wildman–Crippen MR) is 46.2 cm³/mol. The molecule has 10 heavy (non-hydrogen) atoms. The number of halogens is 2. The van der Waals surface area contributed by atoms with Crippen LogP contribution in [0.5, 0.6) is 0 Å². The van der Waals surface area contributed by atoms with Crippen LogP contribution in [0.25, 0.3) is 0 Å². The number of nitrogens with zero attached hydrogens (tertiary/aromatic N) is 3. The molecule has 1 unspecified atom stereocenters. The zero-order chi connectivity index (χ0) is 7.56. The lowest BCUT2D eigenvalue weighted by atomic mass is 10.5. The van der Waals surface area contributed by atoms with E-state index in [4.69, 9.17) is 0 Å². The highest BCUT2D eigenvalue weighted by molar-refractivity contribution is 14.1. The first kappa shape index (κ1) is 8.03. The van der Waals surface area contributed by atoms with Gasteiger partial charge in [-0.2, -0.15) is 10.2 Å². The van der Waals surface area contributed by atoms with E-state index in [2.05, 4.69) is 5.10 Å². The van der Waals surface area contributed by atoms with Crippen molar-refractivity contribution in [3.8, 4) is 0 Å². The van der Waals surface area contributed by atoms with Crippen molar-refractivity contribution in [1.29, 1.82) is 0 Å². The molecule has 0 saturated heterocycles. The summed E-state index contributed by atoms with van der Waals surface area (Å²) in [4.78, 5) is 0. The summed E-state index contributed by atoms with van der Waals surface area (Å²) in [6, 6.07) is 0. The van der Waals surface area contributed by atoms with Crippen LogP contribution in [0.4, 0.5) is 4.48 Å². The van der Waals surface area contributed by atoms with Gasteiger partial charge in [0, 0.05) is 6.54 Å². The first-order chi connectivity index (χ1) is 4.75. The molecule has 0 aliphatic carbocycles. The third kappa shape index (κ3) is 1.50. The van der Waals surface area contributed by atoms with E-state index in [0.29, 0.717) is 5.12 Å². The lowest BCUT2D eigenvalue weighted by Gasteiger charge is -2.18. The molecule has 0 aromatic heterocycles. The minimum Gasteiger partial charge on any atom is -0.261 e. The molecule has 0 fully saturated rings. The topological polar surface area (TPSA) is 18.8 Å². The Bertz CT molecular complexity index is 141. The molecule has 0 bridgehead atoms. The number of hydrogen-bond acceptors (Lipinski definition) is 3. The Morgan fingerprint density at radius 2 is 2.50 bits per heavy atom. The molecule has 0 saturated carbocycles. The van der Waals surface area contributed by atoms with Gasteiger partial charge in [0.25, 0.3) is 0 Å². The maximum atomic E-state index is 12.5. The van der Waals surface area contributed by atoms with Gasteiger partial charge in [0.2, 0.25) is 0 Å². The monoisotopic (exact) mass is 257 g/mol. The first-order valence-corrected chi connectivity index (χ1v) is 4.39. The maximum Gasteiger partial charge on any atom is 0.200 e. The van der Waals surface area contributed by atoms with E-state index in [1.807, 2.05) is 29.5 Å². The average Bonchev–Trinajstić information content (AvgIpc) is 2.20. The van der Waals surface area contributed by atoms with Gasteiger partial charge < -0.3 is 0 Å². The molecule has 1 atom stereocenters. The summed E-state index contributed by atoms with van der Waals surface area (Å²) >= 11 is 2.00. The number of alkyl halides is 1. The zero-order valence-corrected chi connectivity index (χ0v) is 7.82. The number of rotatable bonds is 2. The van der Waals surface area contributed by atoms with E-state index in [0.717, 1.165) is 13.0 Å². The van der Waals surface area contributed by atoms with E-state index < -0.39 is 0 Å². The van der Waals surface area contributed by atoms with Gasteiger partial charge in [0.15, 0.2) is 4.17 Å². The summed E-state index contributed by atoms with van der Waals surface area (Å²) in [6.45, 7) is 2.85. The fourth-order valence-corrected chi connectivity index (χ4v) is 1.31. The Balaban J connectivity index is 2.41. The molecule has 0 aromatic rings. The molecule has 1 heterocycles. The fraction of sp³-hybridized carbons (Fsp3) is 0.800. The summed E-state index contributed by atoms with van der Waals surface area (Å²) < 4.78 is 12.3. The highest BCUT2D eigenvalue weighted by Gasteiger charge is 2.23. The molecule has 1 aliphatic rings. The van der Waals surface area contributed by atoms with E-state index in [9.17, 15) is 4.48 Å². The number of hydrogen-bond donors (Lipinski definition) is 0. The van der Waals surface area contributed by atoms with Crippen molar-refractivity contribution in [2.75, 3.05) is 6.54 Å². The van der Waals surface area contributed by atoms with Gasteiger partial charge in [-0.1, -0.05) is 11.4 Å². The van der Waals surface area contributed by atoms with Gasteiger partial charge in [-0.15, -0.1) is 0 Å². The van der Waals surface area contributed by atoms with E-state index in [-0.39, 0.29) is 4.17 Å². The van der Waals surface area contributed by atoms with Crippen molar-refractivity contribution in [3.05, 3.63) is 0 Å². The average molecular weight is 257 g/mol.